The van der Waals surface area contributed by atoms with Crippen LogP contribution in [0, 0.1) is 5.82 Å². The first-order valence-electron chi connectivity index (χ1n) is 9.38. The number of anilines is 2. The Kier molecular flexibility index (Phi) is 7.33. The van der Waals surface area contributed by atoms with Gasteiger partial charge in [0.1, 0.15) is 18.0 Å². The minimum Gasteiger partial charge on any atom is -0.340 e. The molecule has 3 aromatic rings. The second-order valence-electron chi connectivity index (χ2n) is 6.32. The van der Waals surface area contributed by atoms with Crippen LogP contribution in [0.3, 0.4) is 0 Å². The zero-order valence-corrected chi connectivity index (χ0v) is 16.7. The molecule has 1 aliphatic rings. The fraction of sp³-hybridized carbons (Fsp3) is 0.286. The summed E-state index contributed by atoms with van der Waals surface area (Å²) in [6.07, 6.45) is 9.25. The van der Waals surface area contributed by atoms with Crippen LogP contribution in [0.15, 0.2) is 58.8 Å². The highest BCUT2D eigenvalue weighted by Gasteiger charge is 2.16. The minimum absolute atomic E-state index is 0.255. The van der Waals surface area contributed by atoms with Gasteiger partial charge < -0.3 is 11.1 Å². The van der Waals surface area contributed by atoms with Gasteiger partial charge in [-0.2, -0.15) is 0 Å². The molecule has 1 aromatic carbocycles. The van der Waals surface area contributed by atoms with Gasteiger partial charge in [0.2, 0.25) is 0 Å². The molecule has 0 unspecified atom stereocenters. The molecular formula is C21H24FN5S. The number of aryl methyl sites for hydroxylation is 1. The van der Waals surface area contributed by atoms with Gasteiger partial charge >= 0.3 is 0 Å². The van der Waals surface area contributed by atoms with Crippen molar-refractivity contribution in [2.45, 2.75) is 42.4 Å². The fourth-order valence-corrected chi connectivity index (χ4v) is 3.76. The van der Waals surface area contributed by atoms with E-state index in [9.17, 15) is 4.39 Å². The molecule has 7 heteroatoms. The second-order valence-corrected chi connectivity index (χ2v) is 7.43. The lowest BCUT2D eigenvalue weighted by Crippen LogP contribution is -2.10. The van der Waals surface area contributed by atoms with Gasteiger partial charge in [-0.3, -0.25) is 4.98 Å². The van der Waals surface area contributed by atoms with Crippen LogP contribution in [0.25, 0.3) is 0 Å². The zero-order chi connectivity index (χ0) is 19.8. The number of nitrogens with one attached hydrogen (secondary N) is 1. The molecule has 0 saturated carbocycles. The number of benzene rings is 1. The lowest BCUT2D eigenvalue weighted by atomic mass is 9.96. The quantitative estimate of drug-likeness (QED) is 0.662. The Bertz CT molecular complexity index is 905. The summed E-state index contributed by atoms with van der Waals surface area (Å²) in [6.45, 7) is 2.65. The Balaban J connectivity index is 0.000000706. The van der Waals surface area contributed by atoms with Gasteiger partial charge in [0.15, 0.2) is 0 Å². The average Bonchev–Trinajstić information content (AvgIpc) is 2.72. The predicted molar refractivity (Wildman–Crippen MR) is 111 cm³/mol. The summed E-state index contributed by atoms with van der Waals surface area (Å²) >= 11 is 1.38. The third kappa shape index (κ3) is 5.27. The van der Waals surface area contributed by atoms with Gasteiger partial charge in [-0.1, -0.05) is 18.7 Å². The molecule has 4 rings (SSSR count). The fourth-order valence-electron chi connectivity index (χ4n) is 2.96. The van der Waals surface area contributed by atoms with E-state index in [-0.39, 0.29) is 5.82 Å². The summed E-state index contributed by atoms with van der Waals surface area (Å²) in [7, 11) is 0. The van der Waals surface area contributed by atoms with Gasteiger partial charge in [-0.15, -0.1) is 0 Å². The lowest BCUT2D eigenvalue weighted by Gasteiger charge is -2.18. The Morgan fingerprint density at radius 1 is 1.11 bits per heavy atom. The summed E-state index contributed by atoms with van der Waals surface area (Å²) in [6, 6.07) is 8.91. The maximum absolute atomic E-state index is 14.5. The summed E-state index contributed by atoms with van der Waals surface area (Å²) in [4.78, 5) is 14.2. The van der Waals surface area contributed by atoms with Gasteiger partial charge in [-0.25, -0.2) is 14.4 Å². The van der Waals surface area contributed by atoms with Gasteiger partial charge in [0.05, 0.1) is 0 Å². The van der Waals surface area contributed by atoms with Crippen molar-refractivity contribution in [2.75, 3.05) is 11.9 Å². The van der Waals surface area contributed by atoms with Crippen LogP contribution in [-0.2, 0) is 12.8 Å². The number of halogens is 1. The molecule has 5 nitrogen and oxygen atoms in total. The molecule has 2 heterocycles. The number of nitrogens with two attached hydrogens (primary N) is 1. The van der Waals surface area contributed by atoms with E-state index in [0.717, 1.165) is 47.8 Å². The molecule has 0 fully saturated rings. The Labute approximate surface area is 169 Å². The number of nitrogens with zero attached hydrogens (tertiary/aromatic N) is 3. The number of aromatic nitrogens is 3. The third-order valence-corrected chi connectivity index (χ3v) is 5.26. The molecule has 0 radical (unpaired) electrons. The highest BCUT2D eigenvalue weighted by Crippen LogP contribution is 2.32. The van der Waals surface area contributed by atoms with Crippen molar-refractivity contribution in [3.05, 3.63) is 66.1 Å². The standard InChI is InChI=1S/C19H17FN4S.C2H7N/c20-16-11-13(5-6-18(16)25-14-7-9-21-10-8-14)24-19-15-3-1-2-4-17(15)22-12-23-19;1-2-3/h5-12H,1-4H2,(H,22,23,24);2-3H2,1H3. The molecule has 2 aromatic heterocycles. The number of rotatable bonds is 4. The molecular weight excluding hydrogens is 373 g/mol. The van der Waals surface area contributed by atoms with Crippen molar-refractivity contribution in [2.24, 2.45) is 5.73 Å². The van der Waals surface area contributed by atoms with E-state index in [4.69, 9.17) is 5.73 Å². The number of hydrogen-bond acceptors (Lipinski definition) is 6. The maximum Gasteiger partial charge on any atom is 0.139 e. The predicted octanol–water partition coefficient (Wildman–Crippen LogP) is 4.75. The molecule has 28 heavy (non-hydrogen) atoms. The van der Waals surface area contributed by atoms with Crippen LogP contribution >= 0.6 is 11.8 Å². The first-order valence-corrected chi connectivity index (χ1v) is 10.2. The number of hydrogen-bond donors (Lipinski definition) is 2. The smallest absolute Gasteiger partial charge is 0.139 e. The van der Waals surface area contributed by atoms with Crippen molar-refractivity contribution in [1.82, 2.24) is 15.0 Å². The largest absolute Gasteiger partial charge is 0.340 e. The van der Waals surface area contributed by atoms with Gasteiger partial charge in [-0.05, 0) is 62.6 Å². The van der Waals surface area contributed by atoms with E-state index < -0.39 is 0 Å². The van der Waals surface area contributed by atoms with Crippen LogP contribution in [0.1, 0.15) is 31.0 Å². The maximum atomic E-state index is 14.5. The van der Waals surface area contributed by atoms with E-state index in [1.54, 1.807) is 24.8 Å². The SMILES string of the molecule is CCN.Fc1cc(Nc2ncnc3c2CCCC3)ccc1Sc1ccncc1. The molecule has 0 bridgehead atoms. The van der Waals surface area contributed by atoms with Crippen molar-refractivity contribution >= 4 is 23.3 Å². The highest BCUT2D eigenvalue weighted by atomic mass is 32.2. The Hall–Kier alpha value is -2.51. The molecule has 146 valence electrons. The second kappa shape index (κ2) is 10.1. The van der Waals surface area contributed by atoms with Gasteiger partial charge in [0.25, 0.3) is 0 Å². The topological polar surface area (TPSA) is 76.7 Å². The highest BCUT2D eigenvalue weighted by molar-refractivity contribution is 7.99. The summed E-state index contributed by atoms with van der Waals surface area (Å²) in [5.74, 6) is 0.536. The summed E-state index contributed by atoms with van der Waals surface area (Å²) < 4.78 is 14.5. The molecule has 0 amide bonds. The van der Waals surface area contributed by atoms with Crippen molar-refractivity contribution in [1.29, 1.82) is 0 Å². The number of fused-ring (bicyclic) bond motifs is 1. The summed E-state index contributed by atoms with van der Waals surface area (Å²) in [5, 5.41) is 3.25. The van der Waals surface area contributed by atoms with Crippen LogP contribution < -0.4 is 11.1 Å². The van der Waals surface area contributed by atoms with E-state index >= 15 is 0 Å². The summed E-state index contributed by atoms with van der Waals surface area (Å²) in [5.41, 5.74) is 7.81. The monoisotopic (exact) mass is 397 g/mol. The van der Waals surface area contributed by atoms with E-state index in [1.165, 1.54) is 24.2 Å². The Morgan fingerprint density at radius 3 is 2.61 bits per heavy atom. The van der Waals surface area contributed by atoms with E-state index in [2.05, 4.69) is 20.3 Å². The van der Waals surface area contributed by atoms with Crippen molar-refractivity contribution in [3.8, 4) is 0 Å². The van der Waals surface area contributed by atoms with Crippen LogP contribution in [-0.4, -0.2) is 21.5 Å². The molecule has 0 atom stereocenters. The Morgan fingerprint density at radius 2 is 1.86 bits per heavy atom. The van der Waals surface area contributed by atoms with Crippen LogP contribution in [0.4, 0.5) is 15.9 Å². The molecule has 3 N–H and O–H groups in total. The van der Waals surface area contributed by atoms with E-state index in [0.29, 0.717) is 10.6 Å². The first kappa shape index (κ1) is 20.2. The number of pyridine rings is 1. The molecule has 1 aliphatic carbocycles. The van der Waals surface area contributed by atoms with E-state index in [1.807, 2.05) is 25.1 Å². The van der Waals surface area contributed by atoms with Crippen molar-refractivity contribution < 1.29 is 4.39 Å². The zero-order valence-electron chi connectivity index (χ0n) is 15.9. The van der Waals surface area contributed by atoms with Crippen molar-refractivity contribution in [3.63, 3.8) is 0 Å². The van der Waals surface area contributed by atoms with Gasteiger partial charge in [0, 0.05) is 39.1 Å². The normalized spacial score (nSPS) is 12.5. The minimum atomic E-state index is -0.255. The molecule has 0 spiro atoms. The molecule has 0 saturated heterocycles. The molecule has 0 aliphatic heterocycles. The average molecular weight is 398 g/mol. The lowest BCUT2D eigenvalue weighted by molar-refractivity contribution is 0.602. The van der Waals surface area contributed by atoms with Crippen LogP contribution in [0.2, 0.25) is 0 Å². The third-order valence-electron chi connectivity index (χ3n) is 4.20. The first-order chi connectivity index (χ1) is 13.7. The van der Waals surface area contributed by atoms with Crippen LogP contribution in [0.5, 0.6) is 0 Å².